The van der Waals surface area contributed by atoms with E-state index in [0.29, 0.717) is 7.25 Å². The summed E-state index contributed by atoms with van der Waals surface area (Å²) in [5, 5.41) is 5.45. The van der Waals surface area contributed by atoms with Gasteiger partial charge < -0.3 is 24.8 Å². The van der Waals surface area contributed by atoms with Gasteiger partial charge in [0.05, 0.1) is 0 Å². The van der Waals surface area contributed by atoms with Crippen molar-refractivity contribution in [3.05, 3.63) is 155 Å². The first kappa shape index (κ1) is 35.5. The van der Waals surface area contributed by atoms with Gasteiger partial charge in [0.25, 0.3) is 0 Å². The molecule has 5 aliphatic rings. The van der Waals surface area contributed by atoms with Crippen molar-refractivity contribution in [2.24, 2.45) is 11.8 Å². The maximum absolute atomic E-state index is 2.91. The van der Waals surface area contributed by atoms with Crippen LogP contribution >= 0.6 is 0 Å². The van der Waals surface area contributed by atoms with Crippen LogP contribution in [0.15, 0.2) is 132 Å². The predicted octanol–water partition coefficient (Wildman–Crippen LogP) is 8.30. The summed E-state index contributed by atoms with van der Waals surface area (Å²) in [6.45, 7) is 0. The average molecular weight is 809 g/mol. The fraction of sp³-hybridized carbons (Fsp3) is 0.280. The summed E-state index contributed by atoms with van der Waals surface area (Å²) in [5.41, 5.74) is 16.0. The summed E-state index contributed by atoms with van der Waals surface area (Å²) in [6, 6.07) is 46.8. The van der Waals surface area contributed by atoms with Crippen molar-refractivity contribution in [3.8, 4) is 22.3 Å². The first-order chi connectivity index (χ1) is 25.3. The largest absolute Gasteiger partial charge is 1.00 e. The van der Waals surface area contributed by atoms with Crippen molar-refractivity contribution < 1.29 is 45.1 Å². The Morgan fingerprint density at radius 2 is 0.774 bits per heavy atom. The molecule has 2 saturated carbocycles. The number of rotatable bonds is 6. The molecule has 3 fully saturated rings. The summed E-state index contributed by atoms with van der Waals surface area (Å²) in [4.78, 5) is 0. The molecule has 2 unspecified atom stereocenters. The molecule has 3 heteroatoms. The summed E-state index contributed by atoms with van der Waals surface area (Å²) >= 11 is -2.91. The summed E-state index contributed by atoms with van der Waals surface area (Å²) in [7, 11) is 0. The Bertz CT molecular complexity index is 2240. The first-order valence-corrected chi connectivity index (χ1v) is 26.2. The third kappa shape index (κ3) is 5.62. The molecule has 264 valence electrons. The summed E-state index contributed by atoms with van der Waals surface area (Å²) in [6.07, 6.45) is 16.7. The van der Waals surface area contributed by atoms with E-state index in [-0.39, 0.29) is 24.8 Å². The summed E-state index contributed by atoms with van der Waals surface area (Å²) < 4.78 is 4.48. The van der Waals surface area contributed by atoms with Gasteiger partial charge >= 0.3 is 310 Å². The Hall–Kier alpha value is -3.22. The number of halogens is 2. The van der Waals surface area contributed by atoms with Gasteiger partial charge in [-0.3, -0.25) is 0 Å². The van der Waals surface area contributed by atoms with Gasteiger partial charge in [-0.15, -0.1) is 0 Å². The van der Waals surface area contributed by atoms with Crippen LogP contribution in [0.3, 0.4) is 0 Å². The van der Waals surface area contributed by atoms with Gasteiger partial charge in [-0.1, -0.05) is 0 Å². The minimum atomic E-state index is -2.91. The van der Waals surface area contributed by atoms with Gasteiger partial charge in [-0.2, -0.15) is 0 Å². The molecule has 1 saturated heterocycles. The Morgan fingerprint density at radius 1 is 0.396 bits per heavy atom. The molecule has 6 aromatic carbocycles. The van der Waals surface area contributed by atoms with Crippen LogP contribution in [0, 0.1) is 11.8 Å². The quantitative estimate of drug-likeness (QED) is 0.159. The van der Waals surface area contributed by atoms with Gasteiger partial charge in [0.15, 0.2) is 0 Å². The second-order valence-corrected chi connectivity index (χ2v) is 27.9. The normalized spacial score (nSPS) is 20.9. The fourth-order valence-electron chi connectivity index (χ4n) is 11.6. The molecule has 1 aliphatic heterocycles. The fourth-order valence-corrected chi connectivity index (χ4v) is 29.3. The topological polar surface area (TPSA) is 0 Å². The van der Waals surface area contributed by atoms with Crippen LogP contribution in [0.4, 0.5) is 0 Å². The van der Waals surface area contributed by atoms with E-state index in [4.69, 9.17) is 0 Å². The van der Waals surface area contributed by atoms with Crippen LogP contribution in [-0.4, -0.2) is 0 Å². The molecule has 2 atom stereocenters. The van der Waals surface area contributed by atoms with Gasteiger partial charge in [0.2, 0.25) is 0 Å². The van der Waals surface area contributed by atoms with E-state index in [1.165, 1.54) is 103 Å². The van der Waals surface area contributed by atoms with Crippen molar-refractivity contribution in [1.82, 2.24) is 0 Å². The molecule has 0 bridgehead atoms. The molecule has 0 aromatic heterocycles. The van der Waals surface area contributed by atoms with Crippen molar-refractivity contribution in [3.63, 3.8) is 0 Å². The molecular weight excluding hydrogens is 763 g/mol. The van der Waals surface area contributed by atoms with E-state index in [0.717, 1.165) is 11.8 Å². The Labute approximate surface area is 332 Å². The van der Waals surface area contributed by atoms with Gasteiger partial charge in [-0.05, 0) is 0 Å². The van der Waals surface area contributed by atoms with Crippen LogP contribution in [0.5, 0.6) is 0 Å². The van der Waals surface area contributed by atoms with E-state index < -0.39 is 20.3 Å². The zero-order valence-corrected chi connectivity index (χ0v) is 34.3. The molecule has 4 aliphatic carbocycles. The SMILES string of the molecule is C1=C(C2CCCC2)[CH]([Zr+2]2([CH]3C(C4CCCC4)=Cc4c(-c5cccc6ccccc56)cccc43)[CH2][CH2]2)c2cccc(-c3cccc4ccccc34)c21.[Cl-].[Cl-]. The number of fused-ring (bicyclic) bond motifs is 4. The van der Waals surface area contributed by atoms with Crippen molar-refractivity contribution in [1.29, 1.82) is 0 Å². The Morgan fingerprint density at radius 3 is 1.21 bits per heavy atom. The number of hydrogen-bond acceptors (Lipinski definition) is 0. The van der Waals surface area contributed by atoms with E-state index in [1.54, 1.807) is 22.3 Å². The third-order valence-electron chi connectivity index (χ3n) is 14.0. The Kier molecular flexibility index (Phi) is 9.46. The van der Waals surface area contributed by atoms with E-state index in [1.807, 2.05) is 11.1 Å². The van der Waals surface area contributed by atoms with Crippen molar-refractivity contribution in [2.75, 3.05) is 0 Å². The number of allylic oxidation sites excluding steroid dienone is 2. The van der Waals surface area contributed by atoms with Crippen molar-refractivity contribution in [2.45, 2.75) is 66.9 Å². The predicted molar refractivity (Wildman–Crippen MR) is 214 cm³/mol. The van der Waals surface area contributed by atoms with Crippen LogP contribution in [0.25, 0.3) is 56.0 Å². The molecule has 0 nitrogen and oxygen atoms in total. The molecule has 0 N–H and O–H groups in total. The minimum Gasteiger partial charge on any atom is -1.00 e. The zero-order chi connectivity index (χ0) is 33.5. The zero-order valence-electron chi connectivity index (χ0n) is 30.3. The molecule has 53 heavy (non-hydrogen) atoms. The number of hydrogen-bond donors (Lipinski definition) is 0. The van der Waals surface area contributed by atoms with Gasteiger partial charge in [0, 0.05) is 0 Å². The molecule has 0 spiro atoms. The van der Waals surface area contributed by atoms with Gasteiger partial charge in [-0.25, -0.2) is 0 Å². The third-order valence-corrected chi connectivity index (χ3v) is 26.9. The monoisotopic (exact) mass is 806 g/mol. The standard InChI is InChI=1S/2C24H21.C2H4.2ClH.Zr/c2*1-2-8-17(7-1)20-15-19-11-6-14-23(24(19)16-20)22-13-5-10-18-9-3-4-12-21(18)22;1-2;;;/h2*3-6,9-17H,1-2,7-8H2;1-2H2;2*1H;/q;;;;;+2/p-2. The molecule has 0 radical (unpaired) electrons. The number of benzene rings is 6. The second kappa shape index (κ2) is 14.1. The molecular formula is C50H46Cl2Zr. The molecule has 0 amide bonds. The minimum absolute atomic E-state index is 0. The smallest absolute Gasteiger partial charge is 1.00 e. The average Bonchev–Trinajstić information content (AvgIpc) is 3.72. The van der Waals surface area contributed by atoms with Crippen LogP contribution < -0.4 is 24.8 Å². The van der Waals surface area contributed by atoms with Crippen molar-refractivity contribution >= 4 is 33.7 Å². The molecule has 1 heterocycles. The first-order valence-electron chi connectivity index (χ1n) is 19.9. The second-order valence-electron chi connectivity index (χ2n) is 16.5. The van der Waals surface area contributed by atoms with E-state index >= 15 is 0 Å². The van der Waals surface area contributed by atoms with Crippen LogP contribution in [0.2, 0.25) is 8.26 Å². The molecule has 11 rings (SSSR count). The summed E-state index contributed by atoms with van der Waals surface area (Å²) in [5.74, 6) is 1.53. The van der Waals surface area contributed by atoms with Gasteiger partial charge in [0.1, 0.15) is 0 Å². The van der Waals surface area contributed by atoms with Crippen LogP contribution in [-0.2, 0) is 20.3 Å². The van der Waals surface area contributed by atoms with E-state index in [9.17, 15) is 0 Å². The maximum Gasteiger partial charge on any atom is -1.00 e. The van der Waals surface area contributed by atoms with E-state index in [2.05, 4.69) is 133 Å². The van der Waals surface area contributed by atoms with Crippen LogP contribution in [0.1, 0.15) is 80.9 Å². The maximum atomic E-state index is 2.78. The Balaban J connectivity index is 0.00000186. The molecule has 6 aromatic rings.